The van der Waals surface area contributed by atoms with Gasteiger partial charge in [-0.2, -0.15) is 0 Å². The quantitative estimate of drug-likeness (QED) is 0.668. The Morgan fingerprint density at radius 2 is 2.06 bits per heavy atom. The van der Waals surface area contributed by atoms with Gasteiger partial charge in [-0.3, -0.25) is 0 Å². The zero-order valence-electron chi connectivity index (χ0n) is 9.40. The van der Waals surface area contributed by atoms with Crippen LogP contribution in [-0.4, -0.2) is 25.2 Å². The van der Waals surface area contributed by atoms with Crippen LogP contribution >= 0.6 is 0 Å². The molecule has 88 valence electrons. The van der Waals surface area contributed by atoms with Gasteiger partial charge in [0.15, 0.2) is 0 Å². The first-order chi connectivity index (χ1) is 7.72. The van der Waals surface area contributed by atoms with Gasteiger partial charge in [-0.1, -0.05) is 19.3 Å². The monoisotopic (exact) mass is 224 g/mol. The van der Waals surface area contributed by atoms with Crippen molar-refractivity contribution in [2.45, 2.75) is 38.2 Å². The topological polar surface area (TPSA) is 52.6 Å². The number of hydrogen-bond donors (Lipinski definition) is 0. The molecule has 1 unspecified atom stereocenters. The van der Waals surface area contributed by atoms with Crippen LogP contribution in [0, 0.1) is 5.92 Å². The summed E-state index contributed by atoms with van der Waals surface area (Å²) in [6, 6.07) is 0. The Morgan fingerprint density at radius 3 is 2.69 bits per heavy atom. The third kappa shape index (κ3) is 2.10. The average molecular weight is 224 g/mol. The minimum atomic E-state index is -0.443. The van der Waals surface area contributed by atoms with Gasteiger partial charge < -0.3 is 9.47 Å². The maximum atomic E-state index is 11.5. The van der Waals surface area contributed by atoms with Crippen LogP contribution in [0.3, 0.4) is 0 Å². The molecule has 0 bridgehead atoms. The molecule has 4 heteroatoms. The van der Waals surface area contributed by atoms with E-state index in [0.29, 0.717) is 5.57 Å². The van der Waals surface area contributed by atoms with Crippen molar-refractivity contribution in [1.29, 1.82) is 0 Å². The van der Waals surface area contributed by atoms with Crippen molar-refractivity contribution in [1.82, 2.24) is 0 Å². The van der Waals surface area contributed by atoms with Crippen LogP contribution in [0.5, 0.6) is 0 Å². The smallest absolute Gasteiger partial charge is 0.337 e. The molecular weight excluding hydrogens is 208 g/mol. The number of hydrogen-bond acceptors (Lipinski definition) is 4. The highest BCUT2D eigenvalue weighted by Gasteiger charge is 2.37. The minimum absolute atomic E-state index is 0.283. The van der Waals surface area contributed by atoms with Crippen molar-refractivity contribution < 1.29 is 19.1 Å². The third-order valence-corrected chi connectivity index (χ3v) is 3.32. The van der Waals surface area contributed by atoms with Crippen LogP contribution in [0.15, 0.2) is 11.6 Å². The van der Waals surface area contributed by atoms with Crippen molar-refractivity contribution in [3.05, 3.63) is 11.6 Å². The highest BCUT2D eigenvalue weighted by molar-refractivity contribution is 6.00. The highest BCUT2D eigenvalue weighted by Crippen LogP contribution is 2.34. The molecule has 2 aliphatic rings. The number of carbonyl (C=O) groups excluding carboxylic acids is 2. The maximum absolute atomic E-state index is 11.5. The van der Waals surface area contributed by atoms with Gasteiger partial charge in [0.25, 0.3) is 0 Å². The molecule has 0 saturated heterocycles. The molecule has 0 amide bonds. The van der Waals surface area contributed by atoms with Gasteiger partial charge in [0.1, 0.15) is 6.10 Å². The summed E-state index contributed by atoms with van der Waals surface area (Å²) in [6.45, 7) is 0. The first kappa shape index (κ1) is 11.2. The lowest BCUT2D eigenvalue weighted by molar-refractivity contribution is -0.143. The second-order valence-corrected chi connectivity index (χ2v) is 4.35. The van der Waals surface area contributed by atoms with Crippen molar-refractivity contribution in [3.63, 3.8) is 0 Å². The summed E-state index contributed by atoms with van der Waals surface area (Å²) in [6.07, 6.45) is 6.46. The second kappa shape index (κ2) is 4.68. The molecule has 0 aromatic rings. The van der Waals surface area contributed by atoms with Crippen molar-refractivity contribution in [2.24, 2.45) is 5.92 Å². The van der Waals surface area contributed by atoms with E-state index in [9.17, 15) is 9.59 Å². The van der Waals surface area contributed by atoms with Gasteiger partial charge in [-0.25, -0.2) is 9.59 Å². The number of cyclic esters (lactones) is 1. The van der Waals surface area contributed by atoms with Gasteiger partial charge in [-0.15, -0.1) is 0 Å². The van der Waals surface area contributed by atoms with E-state index in [0.717, 1.165) is 25.7 Å². The van der Waals surface area contributed by atoms with Gasteiger partial charge in [0.05, 0.1) is 12.7 Å². The number of methoxy groups -OCH3 is 1. The lowest BCUT2D eigenvalue weighted by atomic mass is 9.83. The standard InChI is InChI=1S/C12H16O4/c1-15-12(14)9-7-10(13)16-11(9)8-5-3-2-4-6-8/h7-8,11H,2-6H2,1H3. The van der Waals surface area contributed by atoms with Gasteiger partial charge in [0, 0.05) is 12.0 Å². The fraction of sp³-hybridized carbons (Fsp3) is 0.667. The first-order valence-corrected chi connectivity index (χ1v) is 5.73. The van der Waals surface area contributed by atoms with E-state index in [4.69, 9.17) is 4.74 Å². The first-order valence-electron chi connectivity index (χ1n) is 5.73. The fourth-order valence-corrected chi connectivity index (χ4v) is 2.51. The fourth-order valence-electron chi connectivity index (χ4n) is 2.51. The largest absolute Gasteiger partial charge is 0.466 e. The Bertz CT molecular complexity index is 326. The minimum Gasteiger partial charge on any atom is -0.466 e. The Morgan fingerprint density at radius 1 is 1.38 bits per heavy atom. The summed E-state index contributed by atoms with van der Waals surface area (Å²) in [5.41, 5.74) is 0.388. The van der Waals surface area contributed by atoms with Crippen molar-refractivity contribution in [3.8, 4) is 0 Å². The normalized spacial score (nSPS) is 26.2. The SMILES string of the molecule is COC(=O)C1=CC(=O)OC1C1CCCCC1. The Balaban J connectivity index is 2.11. The van der Waals surface area contributed by atoms with Gasteiger partial charge >= 0.3 is 11.9 Å². The van der Waals surface area contributed by atoms with E-state index in [-0.39, 0.29) is 12.0 Å². The van der Waals surface area contributed by atoms with E-state index in [1.807, 2.05) is 0 Å². The summed E-state index contributed by atoms with van der Waals surface area (Å²) in [7, 11) is 1.32. The summed E-state index contributed by atoms with van der Waals surface area (Å²) in [4.78, 5) is 22.7. The number of rotatable bonds is 2. The third-order valence-electron chi connectivity index (χ3n) is 3.32. The molecule has 1 aliphatic carbocycles. The molecule has 1 atom stereocenters. The van der Waals surface area contributed by atoms with Crippen molar-refractivity contribution >= 4 is 11.9 Å². The molecule has 2 rings (SSSR count). The van der Waals surface area contributed by atoms with E-state index >= 15 is 0 Å². The maximum Gasteiger partial charge on any atom is 0.337 e. The van der Waals surface area contributed by atoms with Crippen LogP contribution in [0.4, 0.5) is 0 Å². The molecule has 1 heterocycles. The molecule has 0 radical (unpaired) electrons. The predicted molar refractivity (Wildman–Crippen MR) is 56.6 cm³/mol. The van der Waals surface area contributed by atoms with Crippen LogP contribution in [0.25, 0.3) is 0 Å². The number of carbonyl (C=O) groups is 2. The molecule has 1 fully saturated rings. The van der Waals surface area contributed by atoms with Gasteiger partial charge in [-0.05, 0) is 12.8 Å². The van der Waals surface area contributed by atoms with Crippen molar-refractivity contribution in [2.75, 3.05) is 7.11 Å². The number of ether oxygens (including phenoxy) is 2. The Kier molecular flexibility index (Phi) is 3.27. The highest BCUT2D eigenvalue weighted by atomic mass is 16.6. The molecule has 0 spiro atoms. The average Bonchev–Trinajstić information content (AvgIpc) is 2.71. The second-order valence-electron chi connectivity index (χ2n) is 4.35. The molecular formula is C12H16O4. The Labute approximate surface area is 94.6 Å². The lowest BCUT2D eigenvalue weighted by Gasteiger charge is -2.27. The molecule has 0 aromatic heterocycles. The summed E-state index contributed by atoms with van der Waals surface area (Å²) in [5, 5.41) is 0. The summed E-state index contributed by atoms with van der Waals surface area (Å²) in [5.74, 6) is -0.581. The predicted octanol–water partition coefficient (Wildman–Crippen LogP) is 1.59. The van der Waals surface area contributed by atoms with E-state index in [2.05, 4.69) is 4.74 Å². The zero-order valence-corrected chi connectivity index (χ0v) is 9.40. The molecule has 0 aromatic carbocycles. The van der Waals surface area contributed by atoms with Gasteiger partial charge in [0.2, 0.25) is 0 Å². The Hall–Kier alpha value is -1.32. The van der Waals surface area contributed by atoms with E-state index in [1.165, 1.54) is 19.6 Å². The molecule has 1 saturated carbocycles. The molecule has 0 N–H and O–H groups in total. The van der Waals surface area contributed by atoms with Crippen LogP contribution in [-0.2, 0) is 19.1 Å². The molecule has 1 aliphatic heterocycles. The van der Waals surface area contributed by atoms with Crippen LogP contribution in [0.1, 0.15) is 32.1 Å². The van der Waals surface area contributed by atoms with E-state index < -0.39 is 11.9 Å². The summed E-state index contributed by atoms with van der Waals surface area (Å²) < 4.78 is 9.87. The molecule has 4 nitrogen and oxygen atoms in total. The van der Waals surface area contributed by atoms with Crippen LogP contribution < -0.4 is 0 Å². The molecule has 16 heavy (non-hydrogen) atoms. The lowest BCUT2D eigenvalue weighted by Crippen LogP contribution is -2.29. The van der Waals surface area contributed by atoms with E-state index in [1.54, 1.807) is 0 Å². The van der Waals surface area contributed by atoms with Crippen LogP contribution in [0.2, 0.25) is 0 Å². The number of esters is 2. The zero-order chi connectivity index (χ0) is 11.5. The summed E-state index contributed by atoms with van der Waals surface area (Å²) >= 11 is 0.